The zero-order chi connectivity index (χ0) is 7.61. The third-order valence-electron chi connectivity index (χ3n) is 1.20. The molecular weight excluding hydrogens is 185 g/mol. The molecule has 59 valence electrons. The van der Waals surface area contributed by atoms with E-state index in [1.54, 1.807) is 18.2 Å². The van der Waals surface area contributed by atoms with Gasteiger partial charge < -0.3 is 0 Å². The van der Waals surface area contributed by atoms with Gasteiger partial charge in [-0.25, -0.2) is 8.78 Å². The molecule has 0 fully saturated rings. The van der Waals surface area contributed by atoms with Crippen LogP contribution < -0.4 is 0 Å². The fourth-order valence-electron chi connectivity index (χ4n) is 0.682. The Labute approximate surface area is 76.5 Å². The molecule has 0 aliphatic heterocycles. The minimum Gasteiger partial charge on any atom is -0.270 e. The van der Waals surface area contributed by atoms with Crippen molar-refractivity contribution in [2.45, 2.75) is 5.92 Å². The number of rotatable bonds is 1. The van der Waals surface area contributed by atoms with Crippen LogP contribution >= 0.6 is 0 Å². The van der Waals surface area contributed by atoms with Crippen molar-refractivity contribution in [1.29, 1.82) is 0 Å². The molecule has 0 aromatic heterocycles. The fourth-order valence-corrected chi connectivity index (χ4v) is 0.682. The molecule has 0 heterocycles. The molecule has 0 aliphatic rings. The van der Waals surface area contributed by atoms with E-state index in [1.807, 2.05) is 0 Å². The maximum absolute atomic E-state index is 12.3. The van der Waals surface area contributed by atoms with E-state index in [0.717, 1.165) is 0 Å². The molecule has 0 aliphatic carbocycles. The summed E-state index contributed by atoms with van der Waals surface area (Å²) >= 11 is 0. The van der Waals surface area contributed by atoms with Crippen LogP contribution in [0.1, 0.15) is 5.56 Å². The van der Waals surface area contributed by atoms with Crippen LogP contribution in [0, 0.1) is 6.92 Å². The van der Waals surface area contributed by atoms with Crippen LogP contribution in [0.15, 0.2) is 30.3 Å². The van der Waals surface area contributed by atoms with Gasteiger partial charge in [-0.2, -0.15) is 0 Å². The fraction of sp³-hybridized carbons (Fsp3) is 0.125. The van der Waals surface area contributed by atoms with Crippen molar-refractivity contribution in [3.63, 3.8) is 0 Å². The Morgan fingerprint density at radius 2 is 1.55 bits per heavy atom. The molecule has 1 radical (unpaired) electrons. The topological polar surface area (TPSA) is 0 Å². The molecule has 0 nitrogen and oxygen atoms in total. The Morgan fingerprint density at radius 1 is 1.09 bits per heavy atom. The van der Waals surface area contributed by atoms with E-state index in [4.69, 9.17) is 0 Å². The predicted octanol–water partition coefficient (Wildman–Crippen LogP) is 2.61. The van der Waals surface area contributed by atoms with Crippen molar-refractivity contribution in [3.8, 4) is 0 Å². The standard InChI is InChI=1S/C8H7F2.V/c1-8(9,10)7-5-3-2-4-6-7;/h2-6H,1H2;/q-1;. The van der Waals surface area contributed by atoms with Crippen molar-refractivity contribution in [1.82, 2.24) is 0 Å². The monoisotopic (exact) mass is 192 g/mol. The minimum absolute atomic E-state index is 0. The van der Waals surface area contributed by atoms with E-state index >= 15 is 0 Å². The van der Waals surface area contributed by atoms with Crippen molar-refractivity contribution < 1.29 is 27.3 Å². The van der Waals surface area contributed by atoms with Crippen molar-refractivity contribution in [3.05, 3.63) is 42.8 Å². The summed E-state index contributed by atoms with van der Waals surface area (Å²) in [5.74, 6) is -2.96. The summed E-state index contributed by atoms with van der Waals surface area (Å²) in [6.07, 6.45) is 0. The molecule has 1 rings (SSSR count). The Bertz CT molecular complexity index is 203. The van der Waals surface area contributed by atoms with Gasteiger partial charge in [0.1, 0.15) is 0 Å². The molecule has 0 unspecified atom stereocenters. The minimum atomic E-state index is -2.96. The Morgan fingerprint density at radius 3 is 1.82 bits per heavy atom. The van der Waals surface area contributed by atoms with E-state index in [-0.39, 0.29) is 24.1 Å². The van der Waals surface area contributed by atoms with Gasteiger partial charge in [-0.3, -0.25) is 6.92 Å². The van der Waals surface area contributed by atoms with E-state index < -0.39 is 5.92 Å². The van der Waals surface area contributed by atoms with Gasteiger partial charge in [0.15, 0.2) is 5.92 Å². The predicted molar refractivity (Wildman–Crippen MR) is 35.7 cm³/mol. The number of hydrogen-bond donors (Lipinski definition) is 0. The second-order valence-electron chi connectivity index (χ2n) is 2.07. The maximum atomic E-state index is 12.3. The van der Waals surface area contributed by atoms with Crippen LogP contribution in [0.2, 0.25) is 0 Å². The SMILES string of the molecule is [CH2-]C(F)(F)c1ccccc1.[V]. The third kappa shape index (κ3) is 3.04. The van der Waals surface area contributed by atoms with E-state index in [2.05, 4.69) is 6.92 Å². The smallest absolute Gasteiger partial charge is 0.155 e. The number of hydrogen-bond acceptors (Lipinski definition) is 0. The molecule has 0 amide bonds. The Hall–Kier alpha value is -0.336. The van der Waals surface area contributed by atoms with Gasteiger partial charge in [-0.15, -0.1) is 0 Å². The van der Waals surface area contributed by atoms with Gasteiger partial charge in [0.25, 0.3) is 0 Å². The third-order valence-corrected chi connectivity index (χ3v) is 1.20. The molecule has 1 aromatic rings. The zero-order valence-electron chi connectivity index (χ0n) is 5.80. The van der Waals surface area contributed by atoms with Crippen molar-refractivity contribution >= 4 is 0 Å². The normalized spacial score (nSPS) is 10.5. The van der Waals surface area contributed by atoms with Gasteiger partial charge in [-0.05, 0) is 5.56 Å². The zero-order valence-corrected chi connectivity index (χ0v) is 7.19. The summed E-state index contributed by atoms with van der Waals surface area (Å²) in [5, 5.41) is 0. The van der Waals surface area contributed by atoms with Crippen molar-refractivity contribution in [2.75, 3.05) is 0 Å². The van der Waals surface area contributed by atoms with Gasteiger partial charge in [0, 0.05) is 18.6 Å². The van der Waals surface area contributed by atoms with Gasteiger partial charge >= 0.3 is 0 Å². The summed E-state index contributed by atoms with van der Waals surface area (Å²) in [6.45, 7) is 2.71. The molecule has 1 aromatic carbocycles. The molecule has 0 atom stereocenters. The first kappa shape index (κ1) is 10.7. The first-order valence-electron chi connectivity index (χ1n) is 2.89. The average molecular weight is 192 g/mol. The van der Waals surface area contributed by atoms with Crippen LogP contribution in [0.3, 0.4) is 0 Å². The average Bonchev–Trinajstić information content (AvgIpc) is 1.88. The van der Waals surface area contributed by atoms with Crippen molar-refractivity contribution in [2.24, 2.45) is 0 Å². The molecule has 0 bridgehead atoms. The Balaban J connectivity index is 0.000001000. The van der Waals surface area contributed by atoms with Gasteiger partial charge in [0.05, 0.1) is 0 Å². The summed E-state index contributed by atoms with van der Waals surface area (Å²) in [6, 6.07) is 7.53. The van der Waals surface area contributed by atoms with Gasteiger partial charge in [0.2, 0.25) is 0 Å². The first-order valence-corrected chi connectivity index (χ1v) is 2.89. The number of halogens is 2. The van der Waals surface area contributed by atoms with Crippen LogP contribution in [0.5, 0.6) is 0 Å². The van der Waals surface area contributed by atoms with Crippen LogP contribution in [-0.4, -0.2) is 0 Å². The quantitative estimate of drug-likeness (QED) is 0.600. The number of alkyl halides is 2. The molecular formula is C8H7F2V-. The molecule has 11 heavy (non-hydrogen) atoms. The van der Waals surface area contributed by atoms with E-state index in [9.17, 15) is 8.78 Å². The maximum Gasteiger partial charge on any atom is 0.155 e. The van der Waals surface area contributed by atoms with E-state index in [1.165, 1.54) is 12.1 Å². The molecule has 0 saturated carbocycles. The second kappa shape index (κ2) is 3.89. The molecule has 3 heteroatoms. The van der Waals surface area contributed by atoms with Crippen LogP contribution in [0.4, 0.5) is 8.78 Å². The number of benzene rings is 1. The summed E-state index contributed by atoms with van der Waals surface area (Å²) in [7, 11) is 0. The summed E-state index contributed by atoms with van der Waals surface area (Å²) in [5.41, 5.74) is -0.0463. The molecule has 0 saturated heterocycles. The molecule has 0 N–H and O–H groups in total. The van der Waals surface area contributed by atoms with Gasteiger partial charge in [-0.1, -0.05) is 30.3 Å². The molecule has 0 spiro atoms. The summed E-state index contributed by atoms with van der Waals surface area (Å²) in [4.78, 5) is 0. The largest absolute Gasteiger partial charge is 0.270 e. The Kier molecular flexibility index (Phi) is 3.77. The van der Waals surface area contributed by atoms with E-state index in [0.29, 0.717) is 0 Å². The van der Waals surface area contributed by atoms with Crippen LogP contribution in [-0.2, 0) is 24.5 Å². The second-order valence-corrected chi connectivity index (χ2v) is 2.07. The summed E-state index contributed by atoms with van der Waals surface area (Å²) < 4.78 is 24.7. The van der Waals surface area contributed by atoms with Crippen LogP contribution in [0.25, 0.3) is 0 Å². The first-order chi connectivity index (χ1) is 4.61.